The molecule has 13 nitrogen and oxygen atoms in total. The Morgan fingerprint density at radius 2 is 2.00 bits per heavy atom. The quantitative estimate of drug-likeness (QED) is 0.403. The van der Waals surface area contributed by atoms with Crippen molar-refractivity contribution in [1.29, 1.82) is 0 Å². The van der Waals surface area contributed by atoms with Crippen LogP contribution in [0.3, 0.4) is 0 Å². The number of carbonyl (C=O) groups is 3. The molecule has 1 aromatic rings. The van der Waals surface area contributed by atoms with Crippen LogP contribution in [0.4, 0.5) is 4.79 Å². The van der Waals surface area contributed by atoms with Crippen LogP contribution < -0.4 is 15.4 Å². The van der Waals surface area contributed by atoms with Crippen molar-refractivity contribution < 1.29 is 24.2 Å². The molecule has 0 unspecified atom stereocenters. The molecule has 4 rings (SSSR count). The summed E-state index contributed by atoms with van der Waals surface area (Å²) in [5.41, 5.74) is 4.50. The van der Waals surface area contributed by atoms with E-state index in [9.17, 15) is 19.5 Å². The van der Waals surface area contributed by atoms with E-state index >= 15 is 0 Å². The van der Waals surface area contributed by atoms with Gasteiger partial charge in [-0.15, -0.1) is 0 Å². The molecule has 0 aromatic carbocycles. The van der Waals surface area contributed by atoms with Gasteiger partial charge in [-0.05, 0) is 37.4 Å². The summed E-state index contributed by atoms with van der Waals surface area (Å²) < 4.78 is 9.78. The molecule has 3 aliphatic rings. The van der Waals surface area contributed by atoms with Gasteiger partial charge in [0.15, 0.2) is 5.84 Å². The number of carboxylic acid groups (broad SMARTS) is 1. The largest absolute Gasteiger partial charge is 0.496 e. The molecule has 0 radical (unpaired) electrons. The SMILES string of the molecule is COc1c(C)cnc(Cn2nc3cc(C(=O)NCC(=O)N(C)C)c4c-3c(n2)C(NC(=O)O)=NSC4)c1C. The van der Waals surface area contributed by atoms with Gasteiger partial charge in [0.2, 0.25) is 5.91 Å². The number of ether oxygens (including phenoxy) is 1. The van der Waals surface area contributed by atoms with E-state index in [1.165, 1.54) is 9.70 Å². The lowest BCUT2D eigenvalue weighted by Crippen LogP contribution is -2.36. The highest BCUT2D eigenvalue weighted by atomic mass is 32.2. The van der Waals surface area contributed by atoms with Crippen molar-refractivity contribution in [1.82, 2.24) is 35.5 Å². The minimum Gasteiger partial charge on any atom is -0.496 e. The lowest BCUT2D eigenvalue weighted by Gasteiger charge is -2.15. The lowest BCUT2D eigenvalue weighted by atomic mass is 10.1. The van der Waals surface area contributed by atoms with Gasteiger partial charge >= 0.3 is 6.09 Å². The van der Waals surface area contributed by atoms with Gasteiger partial charge < -0.3 is 20.1 Å². The van der Waals surface area contributed by atoms with Crippen LogP contribution in [0.1, 0.15) is 38.4 Å². The number of nitrogens with one attached hydrogen (secondary N) is 2. The number of methoxy groups -OCH3 is 1. The summed E-state index contributed by atoms with van der Waals surface area (Å²) in [6.07, 6.45) is 0.400. The van der Waals surface area contributed by atoms with Crippen LogP contribution in [0.25, 0.3) is 11.3 Å². The van der Waals surface area contributed by atoms with Gasteiger partial charge in [-0.1, -0.05) is 0 Å². The summed E-state index contributed by atoms with van der Waals surface area (Å²) in [6, 6.07) is 1.61. The number of amidine groups is 1. The lowest BCUT2D eigenvalue weighted by molar-refractivity contribution is -0.127. The summed E-state index contributed by atoms with van der Waals surface area (Å²) in [5.74, 6) is 0.323. The molecule has 14 heteroatoms. The number of likely N-dealkylation sites (N-methyl/N-ethyl adjacent to an activating group) is 1. The molecule has 0 saturated heterocycles. The maximum absolute atomic E-state index is 13.0. The fourth-order valence-electron chi connectivity index (χ4n) is 3.99. The summed E-state index contributed by atoms with van der Waals surface area (Å²) in [6.45, 7) is 3.78. The van der Waals surface area contributed by atoms with E-state index in [1.807, 2.05) is 13.8 Å². The van der Waals surface area contributed by atoms with E-state index in [4.69, 9.17) is 4.74 Å². The second-order valence-electron chi connectivity index (χ2n) is 8.54. The predicted octanol–water partition coefficient (Wildman–Crippen LogP) is 1.45. The summed E-state index contributed by atoms with van der Waals surface area (Å²) >= 11 is 1.08. The first-order valence-electron chi connectivity index (χ1n) is 11.2. The molecule has 3 amide bonds. The molecule has 2 aliphatic heterocycles. The third-order valence-electron chi connectivity index (χ3n) is 5.84. The van der Waals surface area contributed by atoms with Crippen molar-refractivity contribution in [2.24, 2.45) is 4.40 Å². The zero-order chi connectivity index (χ0) is 26.9. The van der Waals surface area contributed by atoms with Gasteiger partial charge in [-0.25, -0.2) is 4.79 Å². The molecule has 0 fully saturated rings. The first-order valence-corrected chi connectivity index (χ1v) is 12.1. The number of pyridine rings is 1. The smallest absolute Gasteiger partial charge is 0.410 e. The van der Waals surface area contributed by atoms with Crippen LogP contribution in [0.2, 0.25) is 0 Å². The zero-order valence-corrected chi connectivity index (χ0v) is 21.8. The van der Waals surface area contributed by atoms with E-state index in [1.54, 1.807) is 33.5 Å². The van der Waals surface area contributed by atoms with E-state index in [0.717, 1.165) is 23.1 Å². The normalized spacial score (nSPS) is 12.5. The number of aromatic nitrogens is 4. The molecule has 194 valence electrons. The molecule has 1 aliphatic carbocycles. The molecule has 0 spiro atoms. The van der Waals surface area contributed by atoms with Gasteiger partial charge in [0.05, 0.1) is 25.0 Å². The number of aryl methyl sites for hydroxylation is 1. The van der Waals surface area contributed by atoms with Crippen LogP contribution >= 0.6 is 11.9 Å². The van der Waals surface area contributed by atoms with Crippen LogP contribution in [-0.4, -0.2) is 81.5 Å². The molecule has 3 heterocycles. The van der Waals surface area contributed by atoms with Gasteiger partial charge in [-0.3, -0.25) is 19.9 Å². The molecule has 0 atom stereocenters. The van der Waals surface area contributed by atoms with Gasteiger partial charge in [0.1, 0.15) is 18.0 Å². The highest BCUT2D eigenvalue weighted by Crippen LogP contribution is 2.38. The Morgan fingerprint density at radius 1 is 1.24 bits per heavy atom. The maximum atomic E-state index is 13.0. The fourth-order valence-corrected chi connectivity index (χ4v) is 4.75. The molecular formula is C23H26N8O5S. The molecule has 1 aromatic heterocycles. The number of carbonyl (C=O) groups excluding carboxylic acids is 2. The average molecular weight is 527 g/mol. The van der Waals surface area contributed by atoms with Crippen molar-refractivity contribution in [3.8, 4) is 17.0 Å². The van der Waals surface area contributed by atoms with Crippen molar-refractivity contribution in [3.05, 3.63) is 45.9 Å². The number of nitrogens with zero attached hydrogens (tertiary/aromatic N) is 6. The van der Waals surface area contributed by atoms with Crippen LogP contribution in [0.5, 0.6) is 5.75 Å². The minimum atomic E-state index is -1.30. The third-order valence-corrected chi connectivity index (χ3v) is 6.57. The van der Waals surface area contributed by atoms with Gasteiger partial charge in [0, 0.05) is 48.3 Å². The van der Waals surface area contributed by atoms with Crippen molar-refractivity contribution in [3.63, 3.8) is 0 Å². The average Bonchev–Trinajstić information content (AvgIpc) is 3.11. The number of rotatable bonds is 6. The molecule has 3 N–H and O–H groups in total. The zero-order valence-electron chi connectivity index (χ0n) is 20.9. The highest BCUT2D eigenvalue weighted by Gasteiger charge is 2.31. The van der Waals surface area contributed by atoms with Crippen molar-refractivity contribution in [2.75, 3.05) is 27.7 Å². The van der Waals surface area contributed by atoms with E-state index in [0.29, 0.717) is 33.8 Å². The molecule has 0 bridgehead atoms. The van der Waals surface area contributed by atoms with E-state index < -0.39 is 12.0 Å². The van der Waals surface area contributed by atoms with Gasteiger partial charge in [0.25, 0.3) is 5.91 Å². The number of amides is 3. The fraction of sp³-hybridized carbons (Fsp3) is 0.348. The maximum Gasteiger partial charge on any atom is 0.410 e. The van der Waals surface area contributed by atoms with Crippen molar-refractivity contribution >= 4 is 35.7 Å². The Morgan fingerprint density at radius 3 is 2.68 bits per heavy atom. The number of hydrogen-bond acceptors (Lipinski definition) is 9. The molecule has 0 saturated carbocycles. The summed E-state index contributed by atoms with van der Waals surface area (Å²) in [5, 5.41) is 23.5. The van der Waals surface area contributed by atoms with Crippen LogP contribution in [0.15, 0.2) is 16.7 Å². The minimum absolute atomic E-state index is 0.0314. The molecule has 37 heavy (non-hydrogen) atoms. The monoisotopic (exact) mass is 526 g/mol. The summed E-state index contributed by atoms with van der Waals surface area (Å²) in [4.78, 5) is 43.7. The van der Waals surface area contributed by atoms with E-state index in [2.05, 4.69) is 30.2 Å². The molecular weight excluding hydrogens is 500 g/mol. The highest BCUT2D eigenvalue weighted by molar-refractivity contribution is 7.97. The Kier molecular flexibility index (Phi) is 7.29. The third kappa shape index (κ3) is 5.18. The Labute approximate surface area is 216 Å². The van der Waals surface area contributed by atoms with Crippen molar-refractivity contribution in [2.45, 2.75) is 26.1 Å². The first-order chi connectivity index (χ1) is 17.6. The Balaban J connectivity index is 1.80. The topological polar surface area (TPSA) is 164 Å². The number of hydrogen-bond donors (Lipinski definition) is 3. The van der Waals surface area contributed by atoms with Crippen LogP contribution in [0, 0.1) is 13.8 Å². The Hall–Kier alpha value is -4.20. The second-order valence-corrected chi connectivity index (χ2v) is 9.27. The Bertz CT molecular complexity index is 1400. The standard InChI is InChI=1S/C23H26N8O5S/c1-11-7-24-16(12(2)20(11)36-5)9-31-27-15-6-13(22(33)25-8-17(32)30(3)4)14-10-37-29-21(26-23(34)35)19(28-31)18(14)15/h6-7H,8-10H2,1-5H3,(H,25,33)(H,26,29)(H,34,35). The second kappa shape index (κ2) is 10.4. The summed E-state index contributed by atoms with van der Waals surface area (Å²) in [7, 11) is 4.79. The van der Waals surface area contributed by atoms with Crippen LogP contribution in [-0.2, 0) is 17.1 Å². The first kappa shape index (κ1) is 25.9. The predicted molar refractivity (Wildman–Crippen MR) is 136 cm³/mol. The van der Waals surface area contributed by atoms with E-state index in [-0.39, 0.29) is 36.3 Å². The van der Waals surface area contributed by atoms with Gasteiger partial charge in [-0.2, -0.15) is 19.4 Å².